The number of rotatable bonds is 2. The molecular formula is C22H32O3. The van der Waals surface area contributed by atoms with Crippen molar-refractivity contribution in [3.63, 3.8) is 0 Å². The van der Waals surface area contributed by atoms with Gasteiger partial charge in [0.05, 0.1) is 0 Å². The van der Waals surface area contributed by atoms with E-state index >= 15 is 0 Å². The number of fused-ring (bicyclic) bond motifs is 5. The number of carbonyl (C=O) groups is 2. The van der Waals surface area contributed by atoms with Crippen LogP contribution in [-0.2, 0) is 9.59 Å². The highest BCUT2D eigenvalue weighted by molar-refractivity contribution is 5.91. The zero-order chi connectivity index (χ0) is 18.0. The maximum Gasteiger partial charge on any atom is 0.161 e. The molecule has 0 amide bonds. The first kappa shape index (κ1) is 17.5. The summed E-state index contributed by atoms with van der Waals surface area (Å²) in [7, 11) is 0. The fourth-order valence-corrected chi connectivity index (χ4v) is 7.86. The average molecular weight is 344 g/mol. The van der Waals surface area contributed by atoms with E-state index in [1.807, 2.05) is 6.08 Å². The van der Waals surface area contributed by atoms with Crippen molar-refractivity contribution in [2.24, 2.45) is 34.0 Å². The molecule has 4 rings (SSSR count). The molecule has 25 heavy (non-hydrogen) atoms. The Labute approximate surface area is 151 Å². The highest BCUT2D eigenvalue weighted by Crippen LogP contribution is 2.71. The lowest BCUT2D eigenvalue weighted by Crippen LogP contribution is -2.56. The van der Waals surface area contributed by atoms with Crippen LogP contribution in [-0.4, -0.2) is 23.3 Å². The fourth-order valence-electron chi connectivity index (χ4n) is 7.86. The van der Waals surface area contributed by atoms with Gasteiger partial charge in [-0.15, -0.1) is 0 Å². The first-order valence-corrected chi connectivity index (χ1v) is 10.1. The van der Waals surface area contributed by atoms with Gasteiger partial charge in [0, 0.05) is 12.3 Å². The van der Waals surface area contributed by atoms with Crippen molar-refractivity contribution >= 4 is 11.6 Å². The maximum absolute atomic E-state index is 12.4. The van der Waals surface area contributed by atoms with Crippen LogP contribution in [0.3, 0.4) is 0 Å². The molecule has 0 unspecified atom stereocenters. The largest absolute Gasteiger partial charge is 0.389 e. The summed E-state index contributed by atoms with van der Waals surface area (Å²) in [6.45, 7) is 6.90. The maximum atomic E-state index is 12.4. The van der Waals surface area contributed by atoms with Crippen LogP contribution < -0.4 is 0 Å². The van der Waals surface area contributed by atoms with Crippen LogP contribution >= 0.6 is 0 Å². The van der Waals surface area contributed by atoms with Gasteiger partial charge in [0.2, 0.25) is 0 Å². The molecule has 0 aliphatic heterocycles. The molecule has 0 bridgehead atoms. The molecule has 0 spiro atoms. The Bertz CT molecular complexity index is 650. The monoisotopic (exact) mass is 344 g/mol. The molecule has 3 heteroatoms. The minimum atomic E-state index is -0.306. The number of hydrogen-bond donors (Lipinski definition) is 1. The van der Waals surface area contributed by atoms with E-state index < -0.39 is 0 Å². The summed E-state index contributed by atoms with van der Waals surface area (Å²) in [5, 5.41) is 9.43. The third-order valence-electron chi connectivity index (χ3n) is 9.11. The summed E-state index contributed by atoms with van der Waals surface area (Å²) in [6.07, 6.45) is 10.2. The number of carbonyl (C=O) groups excluding carboxylic acids is 2. The van der Waals surface area contributed by atoms with E-state index in [0.717, 1.165) is 44.9 Å². The molecule has 3 fully saturated rings. The summed E-state index contributed by atoms with van der Waals surface area (Å²) in [4.78, 5) is 24.3. The molecule has 4 aliphatic rings. The Balaban J connectivity index is 1.71. The molecule has 0 aromatic carbocycles. The lowest BCUT2D eigenvalue weighted by molar-refractivity contribution is -0.142. The molecule has 3 saturated carbocycles. The Morgan fingerprint density at radius 3 is 2.52 bits per heavy atom. The first-order valence-electron chi connectivity index (χ1n) is 10.1. The molecule has 0 radical (unpaired) electrons. The second kappa shape index (κ2) is 5.52. The van der Waals surface area contributed by atoms with E-state index in [-0.39, 0.29) is 34.6 Å². The Morgan fingerprint density at radius 2 is 1.80 bits per heavy atom. The van der Waals surface area contributed by atoms with E-state index in [1.54, 1.807) is 0 Å². The number of hydrogen-bond acceptors (Lipinski definition) is 3. The molecule has 1 N–H and O–H groups in total. The van der Waals surface area contributed by atoms with Gasteiger partial charge in [0.15, 0.2) is 11.6 Å². The second-order valence-electron chi connectivity index (χ2n) is 9.96. The van der Waals surface area contributed by atoms with Gasteiger partial charge in [-0.3, -0.25) is 9.59 Å². The number of allylic oxidation sites excluding steroid dienone is 1. The number of aliphatic hydroxyl groups excluding tert-OH is 1. The summed E-state index contributed by atoms with van der Waals surface area (Å²) >= 11 is 0. The molecule has 4 aliphatic carbocycles. The summed E-state index contributed by atoms with van der Waals surface area (Å²) in [5.41, 5.74) is 1.87. The van der Waals surface area contributed by atoms with Gasteiger partial charge in [-0.25, -0.2) is 0 Å². The topological polar surface area (TPSA) is 54.4 Å². The number of aliphatic hydroxyl groups is 1. The van der Waals surface area contributed by atoms with Crippen molar-refractivity contribution in [1.29, 1.82) is 0 Å². The van der Waals surface area contributed by atoms with E-state index in [9.17, 15) is 14.7 Å². The van der Waals surface area contributed by atoms with Crippen molar-refractivity contribution in [1.82, 2.24) is 0 Å². The van der Waals surface area contributed by atoms with Crippen LogP contribution in [0.15, 0.2) is 11.6 Å². The van der Waals surface area contributed by atoms with Gasteiger partial charge >= 0.3 is 0 Å². The van der Waals surface area contributed by atoms with Crippen LogP contribution in [0.4, 0.5) is 0 Å². The molecule has 0 heterocycles. The molecular weight excluding hydrogens is 312 g/mol. The third-order valence-corrected chi connectivity index (χ3v) is 9.11. The van der Waals surface area contributed by atoms with Crippen LogP contribution in [0.2, 0.25) is 0 Å². The van der Waals surface area contributed by atoms with Crippen molar-refractivity contribution in [3.05, 3.63) is 11.6 Å². The Morgan fingerprint density at radius 1 is 1.04 bits per heavy atom. The summed E-state index contributed by atoms with van der Waals surface area (Å²) in [6, 6.07) is 0. The molecule has 6 atom stereocenters. The van der Waals surface area contributed by atoms with Crippen LogP contribution in [0.5, 0.6) is 0 Å². The van der Waals surface area contributed by atoms with Gasteiger partial charge in [-0.2, -0.15) is 0 Å². The zero-order valence-corrected chi connectivity index (χ0v) is 15.9. The van der Waals surface area contributed by atoms with Crippen LogP contribution in [0.25, 0.3) is 0 Å². The lowest BCUT2D eigenvalue weighted by Gasteiger charge is -2.63. The van der Waals surface area contributed by atoms with Gasteiger partial charge in [-0.1, -0.05) is 26.3 Å². The number of ketones is 2. The van der Waals surface area contributed by atoms with Gasteiger partial charge in [-0.05, 0) is 79.1 Å². The van der Waals surface area contributed by atoms with E-state index in [4.69, 9.17) is 0 Å². The summed E-state index contributed by atoms with van der Waals surface area (Å²) < 4.78 is 0. The normalized spacial score (nSPS) is 49.0. The quantitative estimate of drug-likeness (QED) is 0.821. The van der Waals surface area contributed by atoms with Crippen molar-refractivity contribution in [2.75, 3.05) is 6.61 Å². The van der Waals surface area contributed by atoms with E-state index in [1.165, 1.54) is 5.57 Å². The minimum absolute atomic E-state index is 0.0398. The highest BCUT2D eigenvalue weighted by Gasteiger charge is 2.64. The molecule has 0 aromatic rings. The van der Waals surface area contributed by atoms with E-state index in [2.05, 4.69) is 20.8 Å². The molecule has 0 saturated heterocycles. The predicted molar refractivity (Wildman–Crippen MR) is 96.9 cm³/mol. The van der Waals surface area contributed by atoms with Gasteiger partial charge < -0.3 is 5.11 Å². The highest BCUT2D eigenvalue weighted by atomic mass is 16.3. The Hall–Kier alpha value is -0.960. The average Bonchev–Trinajstić information content (AvgIpc) is 2.93. The third kappa shape index (κ3) is 2.20. The smallest absolute Gasteiger partial charge is 0.161 e. The first-order chi connectivity index (χ1) is 11.8. The standard InChI is InChI=1S/C22H32O3/c1-20-10-7-15(24)12-14(20)6-9-22(3)18-5-4-16(17(25)13-23)21(18,2)11-8-19(20)22/h12,16,18-19,23H,4-11,13H2,1-3H3/t16-,18-,19-,20+,21-,22+/m1/s1. The Kier molecular flexibility index (Phi) is 3.85. The molecule has 138 valence electrons. The summed E-state index contributed by atoms with van der Waals surface area (Å²) in [5.74, 6) is 1.59. The van der Waals surface area contributed by atoms with Gasteiger partial charge in [0.1, 0.15) is 6.61 Å². The minimum Gasteiger partial charge on any atom is -0.389 e. The molecule has 3 nitrogen and oxygen atoms in total. The van der Waals surface area contributed by atoms with Crippen molar-refractivity contribution < 1.29 is 14.7 Å². The van der Waals surface area contributed by atoms with Crippen LogP contribution in [0.1, 0.15) is 72.1 Å². The zero-order valence-electron chi connectivity index (χ0n) is 15.9. The van der Waals surface area contributed by atoms with Gasteiger partial charge in [0.25, 0.3) is 0 Å². The lowest BCUT2D eigenvalue weighted by atomic mass is 9.41. The molecule has 0 aromatic heterocycles. The van der Waals surface area contributed by atoms with Crippen molar-refractivity contribution in [3.8, 4) is 0 Å². The SMILES string of the molecule is C[C@]12CC[C@H]3[C@@](C)(CCC4=CC(=O)CC[C@@]43C)[C@@H]1CC[C@@H]2C(=O)CO. The van der Waals surface area contributed by atoms with E-state index in [0.29, 0.717) is 24.0 Å². The van der Waals surface area contributed by atoms with Crippen molar-refractivity contribution in [2.45, 2.75) is 72.1 Å². The van der Waals surface area contributed by atoms with Crippen LogP contribution in [0, 0.1) is 34.0 Å². The fraction of sp³-hybridized carbons (Fsp3) is 0.818. The predicted octanol–water partition coefficient (Wildman–Crippen LogP) is 4.09. The second-order valence-corrected chi connectivity index (χ2v) is 9.96. The number of Topliss-reactive ketones (excluding diaryl/α,β-unsaturated/α-hetero) is 1.